The van der Waals surface area contributed by atoms with Crippen molar-refractivity contribution in [2.75, 3.05) is 18.0 Å². The highest BCUT2D eigenvalue weighted by Crippen LogP contribution is 2.25. The number of hydrogen-bond donors (Lipinski definition) is 0. The molecule has 0 radical (unpaired) electrons. The molecular weight excluding hydrogens is 286 g/mol. The van der Waals surface area contributed by atoms with E-state index in [4.69, 9.17) is 11.6 Å². The maximum atomic E-state index is 5.96. The number of halogens is 1. The van der Waals surface area contributed by atoms with Gasteiger partial charge in [-0.15, -0.1) is 10.2 Å². The Kier molecular flexibility index (Phi) is 3.52. The topological polar surface area (TPSA) is 72.6 Å². The lowest BCUT2D eigenvalue weighted by Gasteiger charge is -2.15. The molecule has 0 aliphatic carbocycles. The highest BCUT2D eigenvalue weighted by Gasteiger charge is 2.18. The molecule has 3 heterocycles. The third-order valence-electron chi connectivity index (χ3n) is 2.82. The van der Waals surface area contributed by atoms with E-state index in [1.54, 1.807) is 10.9 Å². The zero-order valence-electron chi connectivity index (χ0n) is 10.3. The average molecular weight is 298 g/mol. The largest absolute Gasteiger partial charge is 0.341 e. The number of aryl methyl sites for hydroxylation is 1. The van der Waals surface area contributed by atoms with Crippen molar-refractivity contribution in [2.45, 2.75) is 23.2 Å². The van der Waals surface area contributed by atoms with Crippen molar-refractivity contribution in [1.82, 2.24) is 29.7 Å². The van der Waals surface area contributed by atoms with Gasteiger partial charge in [0.15, 0.2) is 5.16 Å². The Hall–Kier alpha value is -1.41. The van der Waals surface area contributed by atoms with Gasteiger partial charge in [0.1, 0.15) is 6.33 Å². The van der Waals surface area contributed by atoms with Gasteiger partial charge >= 0.3 is 0 Å². The second-order valence-electron chi connectivity index (χ2n) is 4.21. The molecule has 0 saturated carbocycles. The van der Waals surface area contributed by atoms with E-state index in [0.717, 1.165) is 31.1 Å². The second kappa shape index (κ2) is 5.30. The summed E-state index contributed by atoms with van der Waals surface area (Å²) < 4.78 is 1.80. The first-order valence-corrected chi connectivity index (χ1v) is 7.10. The van der Waals surface area contributed by atoms with Crippen LogP contribution in [0.25, 0.3) is 0 Å². The molecule has 100 valence electrons. The van der Waals surface area contributed by atoms with E-state index in [9.17, 15) is 0 Å². The third kappa shape index (κ3) is 2.79. The van der Waals surface area contributed by atoms with Crippen LogP contribution >= 0.6 is 23.4 Å². The molecule has 0 N–H and O–H groups in total. The minimum Gasteiger partial charge on any atom is -0.341 e. The van der Waals surface area contributed by atoms with E-state index in [2.05, 4.69) is 30.0 Å². The van der Waals surface area contributed by atoms with E-state index in [1.807, 2.05) is 7.05 Å². The van der Waals surface area contributed by atoms with E-state index < -0.39 is 0 Å². The van der Waals surface area contributed by atoms with Gasteiger partial charge in [-0.2, -0.15) is 15.0 Å². The summed E-state index contributed by atoms with van der Waals surface area (Å²) in [5, 5.41) is 9.27. The van der Waals surface area contributed by atoms with Gasteiger partial charge in [0.2, 0.25) is 16.4 Å². The predicted octanol–water partition coefficient (Wildman–Crippen LogP) is 1.40. The molecule has 0 atom stereocenters. The number of aromatic nitrogens is 6. The highest BCUT2D eigenvalue weighted by atomic mass is 35.5. The molecule has 0 unspecified atom stereocenters. The van der Waals surface area contributed by atoms with Crippen LogP contribution in [0.1, 0.15) is 12.8 Å². The quantitative estimate of drug-likeness (QED) is 0.848. The fourth-order valence-corrected chi connectivity index (χ4v) is 2.78. The summed E-state index contributed by atoms with van der Waals surface area (Å²) in [5.74, 6) is 0.641. The van der Waals surface area contributed by atoms with Crippen molar-refractivity contribution in [1.29, 1.82) is 0 Å². The first kappa shape index (κ1) is 12.6. The number of anilines is 1. The summed E-state index contributed by atoms with van der Waals surface area (Å²) in [6.45, 7) is 1.93. The molecule has 1 aliphatic heterocycles. The maximum absolute atomic E-state index is 5.96. The highest BCUT2D eigenvalue weighted by molar-refractivity contribution is 7.99. The second-order valence-corrected chi connectivity index (χ2v) is 5.48. The van der Waals surface area contributed by atoms with Gasteiger partial charge in [-0.1, -0.05) is 0 Å². The first-order valence-electron chi connectivity index (χ1n) is 5.91. The van der Waals surface area contributed by atoms with Crippen molar-refractivity contribution >= 4 is 29.3 Å². The SMILES string of the molecule is Cn1cnnc1Sc1nc(Cl)nc(N2CCCC2)n1. The van der Waals surface area contributed by atoms with E-state index >= 15 is 0 Å². The van der Waals surface area contributed by atoms with Crippen LogP contribution in [-0.4, -0.2) is 42.8 Å². The van der Waals surface area contributed by atoms with Crippen LogP contribution in [0, 0.1) is 0 Å². The van der Waals surface area contributed by atoms with Gasteiger partial charge in [-0.05, 0) is 36.2 Å². The Balaban J connectivity index is 1.87. The minimum absolute atomic E-state index is 0.210. The fraction of sp³-hybridized carbons (Fsp3) is 0.500. The molecule has 1 aliphatic rings. The third-order valence-corrected chi connectivity index (χ3v) is 3.90. The van der Waals surface area contributed by atoms with Crippen molar-refractivity contribution in [3.05, 3.63) is 11.6 Å². The standard InChI is InChI=1S/C10H12ClN7S/c1-17-6-12-16-10(17)19-9-14-7(11)13-8(15-9)18-4-2-3-5-18/h6H,2-5H2,1H3. The number of rotatable bonds is 3. The molecule has 0 bridgehead atoms. The van der Waals surface area contributed by atoms with E-state index in [0.29, 0.717) is 11.1 Å². The zero-order valence-corrected chi connectivity index (χ0v) is 11.9. The normalized spacial score (nSPS) is 15.2. The van der Waals surface area contributed by atoms with Gasteiger partial charge in [0.25, 0.3) is 0 Å². The average Bonchev–Trinajstić information content (AvgIpc) is 3.01. The summed E-state index contributed by atoms with van der Waals surface area (Å²) in [7, 11) is 1.87. The van der Waals surface area contributed by atoms with E-state index in [-0.39, 0.29) is 5.28 Å². The molecule has 2 aromatic heterocycles. The number of nitrogens with zero attached hydrogens (tertiary/aromatic N) is 7. The van der Waals surface area contributed by atoms with Crippen molar-refractivity contribution < 1.29 is 0 Å². The van der Waals surface area contributed by atoms with Gasteiger partial charge in [0, 0.05) is 20.1 Å². The molecule has 0 spiro atoms. The van der Waals surface area contributed by atoms with Crippen LogP contribution in [0.5, 0.6) is 0 Å². The Bertz CT molecular complexity index is 581. The summed E-state index contributed by atoms with van der Waals surface area (Å²) >= 11 is 7.29. The Morgan fingerprint density at radius 1 is 1.21 bits per heavy atom. The first-order chi connectivity index (χ1) is 9.22. The summed E-state index contributed by atoms with van der Waals surface area (Å²) in [5.41, 5.74) is 0. The molecule has 1 fully saturated rings. The molecule has 9 heteroatoms. The molecule has 0 aromatic carbocycles. The van der Waals surface area contributed by atoms with Crippen LogP contribution in [-0.2, 0) is 7.05 Å². The van der Waals surface area contributed by atoms with Crippen LogP contribution < -0.4 is 4.90 Å². The lowest BCUT2D eigenvalue weighted by atomic mass is 10.4. The lowest BCUT2D eigenvalue weighted by molar-refractivity contribution is 0.777. The van der Waals surface area contributed by atoms with Crippen LogP contribution in [0.4, 0.5) is 5.95 Å². The van der Waals surface area contributed by atoms with Gasteiger partial charge < -0.3 is 9.47 Å². The molecule has 19 heavy (non-hydrogen) atoms. The summed E-state index contributed by atoms with van der Waals surface area (Å²) in [6, 6.07) is 0. The Labute approximate surface area is 119 Å². The van der Waals surface area contributed by atoms with E-state index in [1.165, 1.54) is 11.8 Å². The minimum atomic E-state index is 0.210. The van der Waals surface area contributed by atoms with Gasteiger partial charge in [0.05, 0.1) is 0 Å². The van der Waals surface area contributed by atoms with Crippen LogP contribution in [0.15, 0.2) is 16.6 Å². The molecule has 0 amide bonds. The summed E-state index contributed by atoms with van der Waals surface area (Å²) in [4.78, 5) is 14.9. The Morgan fingerprint density at radius 3 is 2.68 bits per heavy atom. The maximum Gasteiger partial charge on any atom is 0.230 e. The van der Waals surface area contributed by atoms with Crippen molar-refractivity contribution in [3.63, 3.8) is 0 Å². The predicted molar refractivity (Wildman–Crippen MR) is 71.4 cm³/mol. The van der Waals surface area contributed by atoms with Crippen molar-refractivity contribution in [2.24, 2.45) is 7.05 Å². The molecule has 1 saturated heterocycles. The monoisotopic (exact) mass is 297 g/mol. The molecule has 3 rings (SSSR count). The van der Waals surface area contributed by atoms with Crippen LogP contribution in [0.2, 0.25) is 5.28 Å². The zero-order chi connectivity index (χ0) is 13.2. The molecular formula is C10H12ClN7S. The fourth-order valence-electron chi connectivity index (χ4n) is 1.87. The molecule has 2 aromatic rings. The van der Waals surface area contributed by atoms with Gasteiger partial charge in [-0.3, -0.25) is 0 Å². The smallest absolute Gasteiger partial charge is 0.230 e. The molecule has 7 nitrogen and oxygen atoms in total. The van der Waals surface area contributed by atoms with Crippen LogP contribution in [0.3, 0.4) is 0 Å². The lowest BCUT2D eigenvalue weighted by Crippen LogP contribution is -2.21. The number of hydrogen-bond acceptors (Lipinski definition) is 7. The van der Waals surface area contributed by atoms with Gasteiger partial charge in [-0.25, -0.2) is 0 Å². The Morgan fingerprint density at radius 2 is 2.00 bits per heavy atom. The van der Waals surface area contributed by atoms with Crippen molar-refractivity contribution in [3.8, 4) is 0 Å². The summed E-state index contributed by atoms with van der Waals surface area (Å²) in [6.07, 6.45) is 3.96.